The van der Waals surface area contributed by atoms with Crippen molar-refractivity contribution >= 4 is 28.7 Å². The zero-order valence-corrected chi connectivity index (χ0v) is 19.2. The lowest BCUT2D eigenvalue weighted by Crippen LogP contribution is -2.34. The lowest BCUT2D eigenvalue weighted by atomic mass is 10.1. The predicted octanol–water partition coefficient (Wildman–Crippen LogP) is 5.51. The second-order valence-electron chi connectivity index (χ2n) is 8.05. The largest absolute Gasteiger partial charge is 0.353 e. The van der Waals surface area contributed by atoms with Gasteiger partial charge in [-0.25, -0.2) is 4.98 Å². The molecule has 4 rings (SSSR count). The van der Waals surface area contributed by atoms with Gasteiger partial charge in [-0.1, -0.05) is 84.6 Å². The summed E-state index contributed by atoms with van der Waals surface area (Å²) < 4.78 is 2.24. The molecule has 0 unspecified atom stereocenters. The fourth-order valence-corrected chi connectivity index (χ4v) is 4.66. The Morgan fingerprint density at radius 3 is 2.25 bits per heavy atom. The number of rotatable bonds is 10. The Balaban J connectivity index is 1.35. The minimum atomic E-state index is 0.0530. The Morgan fingerprint density at radius 1 is 0.906 bits per heavy atom. The normalized spacial score (nSPS) is 12.0. The number of aromatic nitrogens is 2. The van der Waals surface area contributed by atoms with E-state index in [2.05, 4.69) is 71.4 Å². The van der Waals surface area contributed by atoms with Gasteiger partial charge in [0.15, 0.2) is 5.16 Å². The number of imidazole rings is 1. The minimum Gasteiger partial charge on any atom is -0.353 e. The van der Waals surface area contributed by atoms with Crippen LogP contribution in [0.25, 0.3) is 11.0 Å². The van der Waals surface area contributed by atoms with Crippen LogP contribution in [-0.2, 0) is 24.2 Å². The SMILES string of the molecule is C[C@H](CCc1ccccc1)NC(=O)CSc1nc2ccccc2n1CCc1ccccc1. The van der Waals surface area contributed by atoms with Gasteiger partial charge in [-0.2, -0.15) is 0 Å². The molecule has 0 aliphatic carbocycles. The van der Waals surface area contributed by atoms with Crippen LogP contribution in [0.3, 0.4) is 0 Å². The number of carbonyl (C=O) groups excluding carboxylic acids is 1. The Labute approximate surface area is 194 Å². The van der Waals surface area contributed by atoms with E-state index in [9.17, 15) is 4.79 Å². The lowest BCUT2D eigenvalue weighted by molar-refractivity contribution is -0.119. The molecule has 0 fully saturated rings. The van der Waals surface area contributed by atoms with Gasteiger partial charge in [0.2, 0.25) is 5.91 Å². The van der Waals surface area contributed by atoms with Crippen LogP contribution in [0.4, 0.5) is 0 Å². The molecule has 32 heavy (non-hydrogen) atoms. The van der Waals surface area contributed by atoms with Crippen LogP contribution in [-0.4, -0.2) is 27.3 Å². The van der Waals surface area contributed by atoms with Crippen molar-refractivity contribution < 1.29 is 4.79 Å². The number of fused-ring (bicyclic) bond motifs is 1. The van der Waals surface area contributed by atoms with Crippen LogP contribution in [0.2, 0.25) is 0 Å². The maximum Gasteiger partial charge on any atom is 0.230 e. The molecule has 1 atom stereocenters. The Bertz CT molecular complexity index is 1140. The Morgan fingerprint density at radius 2 is 1.53 bits per heavy atom. The van der Waals surface area contributed by atoms with E-state index in [1.54, 1.807) is 0 Å². The van der Waals surface area contributed by atoms with E-state index >= 15 is 0 Å². The van der Waals surface area contributed by atoms with Gasteiger partial charge in [-0.05, 0) is 49.4 Å². The number of amides is 1. The quantitative estimate of drug-likeness (QED) is 0.329. The first-order valence-corrected chi connectivity index (χ1v) is 12.1. The summed E-state index contributed by atoms with van der Waals surface area (Å²) in [6.45, 7) is 2.91. The maximum absolute atomic E-state index is 12.6. The van der Waals surface area contributed by atoms with Gasteiger partial charge in [0, 0.05) is 12.6 Å². The highest BCUT2D eigenvalue weighted by Gasteiger charge is 2.14. The van der Waals surface area contributed by atoms with Crippen LogP contribution < -0.4 is 5.32 Å². The number of nitrogens with zero attached hydrogens (tertiary/aromatic N) is 2. The van der Waals surface area contributed by atoms with Gasteiger partial charge in [0.1, 0.15) is 0 Å². The van der Waals surface area contributed by atoms with Crippen LogP contribution in [0, 0.1) is 0 Å². The smallest absolute Gasteiger partial charge is 0.230 e. The average molecular weight is 444 g/mol. The average Bonchev–Trinajstić information content (AvgIpc) is 3.19. The summed E-state index contributed by atoms with van der Waals surface area (Å²) in [6.07, 6.45) is 2.82. The van der Waals surface area contributed by atoms with Crippen LogP contribution >= 0.6 is 11.8 Å². The van der Waals surface area contributed by atoms with E-state index in [0.717, 1.165) is 42.0 Å². The number of thioether (sulfide) groups is 1. The molecule has 4 nitrogen and oxygen atoms in total. The fraction of sp³-hybridized carbons (Fsp3) is 0.259. The highest BCUT2D eigenvalue weighted by atomic mass is 32.2. The third kappa shape index (κ3) is 6.01. The summed E-state index contributed by atoms with van der Waals surface area (Å²) in [5.74, 6) is 0.418. The Hall–Kier alpha value is -3.05. The zero-order chi connectivity index (χ0) is 22.2. The first kappa shape index (κ1) is 22.2. The van der Waals surface area contributed by atoms with Crippen molar-refractivity contribution in [2.45, 2.75) is 43.9 Å². The first-order valence-electron chi connectivity index (χ1n) is 11.1. The van der Waals surface area contributed by atoms with Crippen molar-refractivity contribution in [1.29, 1.82) is 0 Å². The standard InChI is InChI=1S/C27H29N3OS/c1-21(16-17-22-10-4-2-5-11-22)28-26(31)20-32-27-29-24-14-8-9-15-25(24)30(27)19-18-23-12-6-3-7-13-23/h2-15,21H,16-20H2,1H3,(H,28,31)/t21-/m1/s1. The molecule has 0 radical (unpaired) electrons. The van der Waals surface area contributed by atoms with E-state index in [4.69, 9.17) is 4.98 Å². The summed E-state index contributed by atoms with van der Waals surface area (Å²) in [6, 6.07) is 29.2. The van der Waals surface area contributed by atoms with Crippen molar-refractivity contribution in [3.63, 3.8) is 0 Å². The molecule has 0 bridgehead atoms. The van der Waals surface area contributed by atoms with Crippen molar-refractivity contribution in [2.75, 3.05) is 5.75 Å². The van der Waals surface area contributed by atoms with Gasteiger partial charge in [0.25, 0.3) is 0 Å². The number of aryl methyl sites for hydroxylation is 3. The van der Waals surface area contributed by atoms with Gasteiger partial charge in [-0.3, -0.25) is 4.79 Å². The van der Waals surface area contributed by atoms with Crippen molar-refractivity contribution in [2.24, 2.45) is 0 Å². The number of hydrogen-bond donors (Lipinski definition) is 1. The molecule has 0 aliphatic heterocycles. The van der Waals surface area contributed by atoms with Crippen molar-refractivity contribution in [3.05, 3.63) is 96.1 Å². The zero-order valence-electron chi connectivity index (χ0n) is 18.4. The fourth-order valence-electron chi connectivity index (χ4n) is 3.81. The van der Waals surface area contributed by atoms with Gasteiger partial charge in [0.05, 0.1) is 16.8 Å². The van der Waals surface area contributed by atoms with Gasteiger partial charge < -0.3 is 9.88 Å². The summed E-state index contributed by atoms with van der Waals surface area (Å²) in [5, 5.41) is 4.03. The summed E-state index contributed by atoms with van der Waals surface area (Å²) in [5.41, 5.74) is 4.68. The second kappa shape index (κ2) is 11.0. The van der Waals surface area contributed by atoms with E-state index in [1.165, 1.54) is 22.9 Å². The maximum atomic E-state index is 12.6. The number of carbonyl (C=O) groups is 1. The third-order valence-electron chi connectivity index (χ3n) is 5.54. The third-order valence-corrected chi connectivity index (χ3v) is 6.51. The van der Waals surface area contributed by atoms with Crippen LogP contribution in [0.5, 0.6) is 0 Å². The number of para-hydroxylation sites is 2. The Kier molecular flexibility index (Phi) is 7.62. The first-order chi connectivity index (χ1) is 15.7. The highest BCUT2D eigenvalue weighted by Crippen LogP contribution is 2.24. The molecular weight excluding hydrogens is 414 g/mol. The molecule has 0 aliphatic rings. The second-order valence-corrected chi connectivity index (χ2v) is 8.99. The molecule has 1 N–H and O–H groups in total. The molecule has 164 valence electrons. The summed E-state index contributed by atoms with van der Waals surface area (Å²) >= 11 is 1.51. The molecule has 1 aromatic heterocycles. The van der Waals surface area contributed by atoms with Crippen molar-refractivity contribution in [3.8, 4) is 0 Å². The lowest BCUT2D eigenvalue weighted by Gasteiger charge is -2.14. The van der Waals surface area contributed by atoms with Crippen LogP contribution in [0.1, 0.15) is 24.5 Å². The molecule has 1 amide bonds. The molecule has 1 heterocycles. The summed E-state index contributed by atoms with van der Waals surface area (Å²) in [4.78, 5) is 17.4. The number of nitrogens with one attached hydrogen (secondary N) is 1. The van der Waals surface area contributed by atoms with Crippen LogP contribution in [0.15, 0.2) is 90.1 Å². The van der Waals surface area contributed by atoms with E-state index in [-0.39, 0.29) is 11.9 Å². The molecular formula is C27H29N3OS. The number of hydrogen-bond acceptors (Lipinski definition) is 3. The summed E-state index contributed by atoms with van der Waals surface area (Å²) in [7, 11) is 0. The minimum absolute atomic E-state index is 0.0530. The molecule has 0 saturated carbocycles. The molecule has 0 spiro atoms. The van der Waals surface area contributed by atoms with E-state index in [1.807, 2.05) is 30.3 Å². The van der Waals surface area contributed by atoms with E-state index < -0.39 is 0 Å². The number of benzene rings is 3. The van der Waals surface area contributed by atoms with Crippen molar-refractivity contribution in [1.82, 2.24) is 14.9 Å². The van der Waals surface area contributed by atoms with Gasteiger partial charge >= 0.3 is 0 Å². The molecule has 0 saturated heterocycles. The van der Waals surface area contributed by atoms with Gasteiger partial charge in [-0.15, -0.1) is 0 Å². The topological polar surface area (TPSA) is 46.9 Å². The molecule has 3 aromatic carbocycles. The van der Waals surface area contributed by atoms with E-state index in [0.29, 0.717) is 5.75 Å². The predicted molar refractivity (Wildman–Crippen MR) is 133 cm³/mol. The molecule has 4 aromatic rings. The molecule has 5 heteroatoms. The monoisotopic (exact) mass is 443 g/mol. The highest BCUT2D eigenvalue weighted by molar-refractivity contribution is 7.99.